The highest BCUT2D eigenvalue weighted by molar-refractivity contribution is 6.35. The molecule has 1 amide bonds. The molecule has 0 unspecified atom stereocenters. The monoisotopic (exact) mass is 399 g/mol. The second-order valence-corrected chi connectivity index (χ2v) is 6.73. The van der Waals surface area contributed by atoms with Gasteiger partial charge in [0.15, 0.2) is 6.10 Å². The first-order chi connectivity index (χ1) is 11.8. The van der Waals surface area contributed by atoms with E-state index in [1.165, 1.54) is 13.0 Å². The molecule has 0 saturated heterocycles. The zero-order valence-corrected chi connectivity index (χ0v) is 15.8. The summed E-state index contributed by atoms with van der Waals surface area (Å²) in [5, 5.41) is 4.13. The smallest absolute Gasteiger partial charge is 0.338 e. The van der Waals surface area contributed by atoms with Crippen LogP contribution in [-0.4, -0.2) is 18.0 Å². The van der Waals surface area contributed by atoms with Crippen LogP contribution < -0.4 is 5.32 Å². The summed E-state index contributed by atoms with van der Waals surface area (Å²) in [6.07, 6.45) is -0.972. The lowest BCUT2D eigenvalue weighted by molar-refractivity contribution is -0.129. The van der Waals surface area contributed by atoms with E-state index in [9.17, 15) is 9.59 Å². The van der Waals surface area contributed by atoms with E-state index in [1.807, 2.05) is 0 Å². The molecule has 0 heterocycles. The third-order valence-electron chi connectivity index (χ3n) is 3.50. The van der Waals surface area contributed by atoms with Gasteiger partial charge in [0.2, 0.25) is 0 Å². The minimum absolute atomic E-state index is 0.279. The zero-order chi connectivity index (χ0) is 18.6. The van der Waals surface area contributed by atoms with E-state index in [-0.39, 0.29) is 11.6 Å². The van der Waals surface area contributed by atoms with Crippen molar-refractivity contribution in [3.63, 3.8) is 0 Å². The fourth-order valence-corrected chi connectivity index (χ4v) is 2.92. The van der Waals surface area contributed by atoms with Gasteiger partial charge >= 0.3 is 5.97 Å². The van der Waals surface area contributed by atoms with Gasteiger partial charge in [0.1, 0.15) is 0 Å². The van der Waals surface area contributed by atoms with E-state index in [2.05, 4.69) is 5.32 Å². The molecule has 0 aromatic heterocycles. The molecule has 0 spiro atoms. The molecular formula is C18H16Cl3NO3. The van der Waals surface area contributed by atoms with Gasteiger partial charge in [0, 0.05) is 15.1 Å². The Morgan fingerprint density at radius 1 is 1.00 bits per heavy atom. The van der Waals surface area contributed by atoms with Gasteiger partial charge in [-0.3, -0.25) is 4.79 Å². The molecule has 0 aliphatic rings. The number of hydrogen-bond donors (Lipinski definition) is 1. The van der Waals surface area contributed by atoms with Gasteiger partial charge < -0.3 is 10.1 Å². The van der Waals surface area contributed by atoms with Gasteiger partial charge in [-0.2, -0.15) is 0 Å². The van der Waals surface area contributed by atoms with Gasteiger partial charge in [0.05, 0.1) is 11.6 Å². The largest absolute Gasteiger partial charge is 0.449 e. The highest BCUT2D eigenvalue weighted by Gasteiger charge is 2.21. The molecule has 2 rings (SSSR count). The van der Waals surface area contributed by atoms with Crippen molar-refractivity contribution in [1.29, 1.82) is 0 Å². The summed E-state index contributed by atoms with van der Waals surface area (Å²) in [5.41, 5.74) is 0.994. The maximum atomic E-state index is 12.3. The van der Waals surface area contributed by atoms with Crippen LogP contribution in [-0.2, 0) is 9.53 Å². The van der Waals surface area contributed by atoms with Crippen molar-refractivity contribution >= 4 is 46.7 Å². The van der Waals surface area contributed by atoms with Crippen molar-refractivity contribution in [2.45, 2.75) is 26.0 Å². The van der Waals surface area contributed by atoms with E-state index < -0.39 is 18.0 Å². The molecule has 2 aromatic rings. The summed E-state index contributed by atoms with van der Waals surface area (Å²) in [4.78, 5) is 24.3. The predicted molar refractivity (Wildman–Crippen MR) is 99.3 cm³/mol. The Hall–Kier alpha value is -1.75. The van der Waals surface area contributed by atoms with Crippen LogP contribution in [0.5, 0.6) is 0 Å². The van der Waals surface area contributed by atoms with Gasteiger partial charge in [0.25, 0.3) is 5.91 Å². The SMILES string of the molecule is C[C@H](OC(=O)c1cccc(Cl)c1)C(=O)N[C@@H](C)c1ccc(Cl)cc1Cl. The lowest BCUT2D eigenvalue weighted by Crippen LogP contribution is -2.37. The van der Waals surface area contributed by atoms with E-state index in [4.69, 9.17) is 39.5 Å². The van der Waals surface area contributed by atoms with Crippen molar-refractivity contribution in [1.82, 2.24) is 5.32 Å². The molecule has 0 fully saturated rings. The summed E-state index contributed by atoms with van der Waals surface area (Å²) < 4.78 is 5.18. The Bertz CT molecular complexity index is 795. The maximum absolute atomic E-state index is 12.3. The Morgan fingerprint density at radius 3 is 2.32 bits per heavy atom. The average molecular weight is 401 g/mol. The third kappa shape index (κ3) is 5.36. The topological polar surface area (TPSA) is 55.4 Å². The summed E-state index contributed by atoms with van der Waals surface area (Å²) in [7, 11) is 0. The number of carbonyl (C=O) groups is 2. The molecule has 0 bridgehead atoms. The van der Waals surface area contributed by atoms with Crippen molar-refractivity contribution in [3.05, 3.63) is 68.7 Å². The van der Waals surface area contributed by atoms with Crippen LogP contribution in [0.1, 0.15) is 35.8 Å². The molecule has 2 aromatic carbocycles. The number of halogens is 3. The van der Waals surface area contributed by atoms with Crippen molar-refractivity contribution in [2.24, 2.45) is 0 Å². The normalized spacial score (nSPS) is 13.0. The van der Waals surface area contributed by atoms with Crippen LogP contribution in [0.3, 0.4) is 0 Å². The Labute approximate surface area is 161 Å². The number of nitrogens with one attached hydrogen (secondary N) is 1. The fraction of sp³-hybridized carbons (Fsp3) is 0.222. The second-order valence-electron chi connectivity index (χ2n) is 5.45. The van der Waals surface area contributed by atoms with Crippen LogP contribution in [0.25, 0.3) is 0 Å². The highest BCUT2D eigenvalue weighted by atomic mass is 35.5. The van der Waals surface area contributed by atoms with Crippen LogP contribution >= 0.6 is 34.8 Å². The highest BCUT2D eigenvalue weighted by Crippen LogP contribution is 2.26. The standard InChI is InChI=1S/C18H16Cl3NO3/c1-10(15-7-6-14(20)9-16(15)21)22-17(23)11(2)25-18(24)12-4-3-5-13(19)8-12/h3-11H,1-2H3,(H,22,23)/t10-,11-/m0/s1. The van der Waals surface area contributed by atoms with Crippen LogP contribution in [0, 0.1) is 0 Å². The first kappa shape index (κ1) is 19.6. The molecule has 0 aliphatic carbocycles. The van der Waals surface area contributed by atoms with E-state index in [0.717, 1.165) is 0 Å². The van der Waals surface area contributed by atoms with E-state index in [1.54, 1.807) is 43.3 Å². The van der Waals surface area contributed by atoms with Crippen LogP contribution in [0.2, 0.25) is 15.1 Å². The lowest BCUT2D eigenvalue weighted by atomic mass is 10.1. The van der Waals surface area contributed by atoms with Crippen LogP contribution in [0.4, 0.5) is 0 Å². The molecular weight excluding hydrogens is 385 g/mol. The average Bonchev–Trinajstić information content (AvgIpc) is 2.54. The molecule has 0 aliphatic heterocycles. The van der Waals surface area contributed by atoms with Crippen LogP contribution in [0.15, 0.2) is 42.5 Å². The van der Waals surface area contributed by atoms with Gasteiger partial charge in [-0.1, -0.05) is 46.9 Å². The first-order valence-corrected chi connectivity index (χ1v) is 8.63. The molecule has 7 heteroatoms. The maximum Gasteiger partial charge on any atom is 0.338 e. The fourth-order valence-electron chi connectivity index (χ4n) is 2.16. The molecule has 0 saturated carbocycles. The number of amides is 1. The summed E-state index contributed by atoms with van der Waals surface area (Å²) in [6, 6.07) is 11.0. The second kappa shape index (κ2) is 8.56. The number of rotatable bonds is 5. The van der Waals surface area contributed by atoms with Gasteiger partial charge in [-0.15, -0.1) is 0 Å². The number of hydrogen-bond acceptors (Lipinski definition) is 3. The Morgan fingerprint density at radius 2 is 1.68 bits per heavy atom. The molecule has 4 nitrogen and oxygen atoms in total. The quantitative estimate of drug-likeness (QED) is 0.713. The Balaban J connectivity index is 1.98. The van der Waals surface area contributed by atoms with Crippen molar-refractivity contribution in [2.75, 3.05) is 0 Å². The van der Waals surface area contributed by atoms with Crippen molar-refractivity contribution in [3.8, 4) is 0 Å². The first-order valence-electron chi connectivity index (χ1n) is 7.50. The minimum Gasteiger partial charge on any atom is -0.449 e. The third-order valence-corrected chi connectivity index (χ3v) is 4.30. The summed E-state index contributed by atoms with van der Waals surface area (Å²) in [5.74, 6) is -1.06. The number of carbonyl (C=O) groups excluding carboxylic acids is 2. The zero-order valence-electron chi connectivity index (χ0n) is 13.6. The van der Waals surface area contributed by atoms with Gasteiger partial charge in [-0.05, 0) is 49.7 Å². The molecule has 132 valence electrons. The molecule has 2 atom stereocenters. The predicted octanol–water partition coefficient (Wildman–Crippen LogP) is 5.07. The lowest BCUT2D eigenvalue weighted by Gasteiger charge is -2.19. The molecule has 25 heavy (non-hydrogen) atoms. The van der Waals surface area contributed by atoms with E-state index in [0.29, 0.717) is 20.6 Å². The number of esters is 1. The molecule has 0 radical (unpaired) electrons. The molecule has 1 N–H and O–H groups in total. The summed E-state index contributed by atoms with van der Waals surface area (Å²) in [6.45, 7) is 3.27. The minimum atomic E-state index is -0.972. The van der Waals surface area contributed by atoms with Crippen molar-refractivity contribution < 1.29 is 14.3 Å². The van der Waals surface area contributed by atoms with E-state index >= 15 is 0 Å². The number of benzene rings is 2. The number of ether oxygens (including phenoxy) is 1. The van der Waals surface area contributed by atoms with Gasteiger partial charge in [-0.25, -0.2) is 4.79 Å². The summed E-state index contributed by atoms with van der Waals surface area (Å²) >= 11 is 17.8. The Kier molecular flexibility index (Phi) is 6.71.